The Morgan fingerprint density at radius 2 is 2.05 bits per heavy atom. The van der Waals surface area contributed by atoms with Gasteiger partial charge in [-0.3, -0.25) is 9.59 Å². The largest absolute Gasteiger partial charge is 0.481 e. The molecule has 3 fully saturated rings. The summed E-state index contributed by atoms with van der Waals surface area (Å²) in [5.41, 5.74) is 0.280. The van der Waals surface area contributed by atoms with E-state index in [1.807, 2.05) is 4.90 Å². The van der Waals surface area contributed by atoms with Crippen LogP contribution < -0.4 is 5.32 Å². The first kappa shape index (κ1) is 13.9. The molecule has 5 heteroatoms. The minimum Gasteiger partial charge on any atom is -0.481 e. The van der Waals surface area contributed by atoms with Gasteiger partial charge in [-0.05, 0) is 56.5 Å². The van der Waals surface area contributed by atoms with Crippen LogP contribution >= 0.6 is 0 Å². The average Bonchev–Trinajstić information content (AvgIpc) is 3.11. The zero-order valence-electron chi connectivity index (χ0n) is 11.9. The summed E-state index contributed by atoms with van der Waals surface area (Å²) >= 11 is 0. The van der Waals surface area contributed by atoms with Crippen molar-refractivity contribution in [3.8, 4) is 0 Å². The monoisotopic (exact) mass is 280 g/mol. The van der Waals surface area contributed by atoms with Gasteiger partial charge in [-0.2, -0.15) is 0 Å². The number of aliphatic carboxylic acids is 1. The highest BCUT2D eigenvalue weighted by Gasteiger charge is 2.58. The molecule has 2 N–H and O–H groups in total. The molecule has 1 saturated carbocycles. The number of carbonyl (C=O) groups is 2. The lowest BCUT2D eigenvalue weighted by Gasteiger charge is -2.33. The first-order chi connectivity index (χ1) is 9.61. The third-order valence-corrected chi connectivity index (χ3v) is 5.38. The molecule has 2 aliphatic heterocycles. The zero-order chi connectivity index (χ0) is 14.2. The van der Waals surface area contributed by atoms with E-state index in [0.29, 0.717) is 12.5 Å². The lowest BCUT2D eigenvalue weighted by Crippen LogP contribution is -2.42. The van der Waals surface area contributed by atoms with Gasteiger partial charge in [0.1, 0.15) is 0 Å². The second kappa shape index (κ2) is 5.35. The van der Waals surface area contributed by atoms with E-state index in [-0.39, 0.29) is 23.7 Å². The molecule has 0 aromatic rings. The highest BCUT2D eigenvalue weighted by Crippen LogP contribution is 2.59. The summed E-state index contributed by atoms with van der Waals surface area (Å²) in [4.78, 5) is 25.4. The molecule has 20 heavy (non-hydrogen) atoms. The topological polar surface area (TPSA) is 69.6 Å². The molecule has 0 aromatic carbocycles. The van der Waals surface area contributed by atoms with Gasteiger partial charge in [-0.1, -0.05) is 0 Å². The van der Waals surface area contributed by atoms with E-state index < -0.39 is 5.97 Å². The molecule has 5 nitrogen and oxygen atoms in total. The summed E-state index contributed by atoms with van der Waals surface area (Å²) in [7, 11) is 0. The van der Waals surface area contributed by atoms with Crippen molar-refractivity contribution in [3.63, 3.8) is 0 Å². The molecule has 2 unspecified atom stereocenters. The number of nitrogens with one attached hydrogen (secondary N) is 1. The Hall–Kier alpha value is -1.10. The fraction of sp³-hybridized carbons (Fsp3) is 0.867. The quantitative estimate of drug-likeness (QED) is 0.812. The van der Waals surface area contributed by atoms with Gasteiger partial charge in [0.05, 0.1) is 0 Å². The first-order valence-electron chi connectivity index (χ1n) is 7.82. The molecule has 1 aliphatic carbocycles. The predicted octanol–water partition coefficient (Wildman–Crippen LogP) is 1.09. The minimum absolute atomic E-state index is 0.146. The van der Waals surface area contributed by atoms with Crippen molar-refractivity contribution < 1.29 is 14.7 Å². The number of rotatable bonds is 3. The Labute approximate surface area is 119 Å². The molecule has 3 aliphatic rings. The van der Waals surface area contributed by atoms with Gasteiger partial charge >= 0.3 is 5.97 Å². The molecule has 0 radical (unpaired) electrons. The molecule has 0 bridgehead atoms. The van der Waals surface area contributed by atoms with Crippen molar-refractivity contribution in [2.75, 3.05) is 26.2 Å². The highest BCUT2D eigenvalue weighted by molar-refractivity contribution is 5.83. The van der Waals surface area contributed by atoms with Crippen molar-refractivity contribution >= 4 is 11.9 Å². The number of piperidine rings is 2. The van der Waals surface area contributed by atoms with E-state index in [1.165, 1.54) is 0 Å². The van der Waals surface area contributed by atoms with E-state index in [9.17, 15) is 9.59 Å². The van der Waals surface area contributed by atoms with E-state index in [1.54, 1.807) is 0 Å². The molecule has 2 saturated heterocycles. The minimum atomic E-state index is -0.745. The highest BCUT2D eigenvalue weighted by atomic mass is 16.4. The van der Waals surface area contributed by atoms with Crippen LogP contribution in [0.1, 0.15) is 38.5 Å². The molecule has 1 spiro atoms. The lowest BCUT2D eigenvalue weighted by molar-refractivity contribution is -0.141. The molecular formula is C15H24N2O3. The van der Waals surface area contributed by atoms with Gasteiger partial charge in [0, 0.05) is 25.4 Å². The van der Waals surface area contributed by atoms with Crippen LogP contribution in [-0.4, -0.2) is 48.1 Å². The number of carboxylic acids is 1. The second-order valence-electron chi connectivity index (χ2n) is 6.76. The zero-order valence-corrected chi connectivity index (χ0v) is 11.9. The Bertz CT molecular complexity index is 404. The van der Waals surface area contributed by atoms with Crippen LogP contribution in [0, 0.1) is 17.3 Å². The third-order valence-electron chi connectivity index (χ3n) is 5.38. The maximum atomic E-state index is 12.6. The summed E-state index contributed by atoms with van der Waals surface area (Å²) in [6.45, 7) is 3.53. The van der Waals surface area contributed by atoms with Gasteiger partial charge in [-0.25, -0.2) is 0 Å². The summed E-state index contributed by atoms with van der Waals surface area (Å²) in [6, 6.07) is 0. The van der Waals surface area contributed by atoms with E-state index in [0.717, 1.165) is 51.7 Å². The van der Waals surface area contributed by atoms with E-state index in [2.05, 4.69) is 5.32 Å². The second-order valence-corrected chi connectivity index (χ2v) is 6.76. The smallest absolute Gasteiger partial charge is 0.303 e. The molecule has 0 aromatic heterocycles. The van der Waals surface area contributed by atoms with Crippen LogP contribution in [0.15, 0.2) is 0 Å². The number of carboxylic acid groups (broad SMARTS) is 1. The number of hydrogen-bond acceptors (Lipinski definition) is 3. The summed E-state index contributed by atoms with van der Waals surface area (Å²) in [6.07, 6.45) is 5.38. The van der Waals surface area contributed by atoms with Gasteiger partial charge in [0.15, 0.2) is 0 Å². The van der Waals surface area contributed by atoms with Crippen LogP contribution in [-0.2, 0) is 9.59 Å². The number of likely N-dealkylation sites (tertiary alicyclic amines) is 1. The molecule has 1 amide bonds. The summed E-state index contributed by atoms with van der Waals surface area (Å²) < 4.78 is 0. The average molecular weight is 280 g/mol. The Balaban J connectivity index is 1.56. The number of carbonyl (C=O) groups excluding carboxylic acids is 1. The van der Waals surface area contributed by atoms with E-state index in [4.69, 9.17) is 5.11 Å². The normalized spacial score (nSPS) is 32.1. The maximum absolute atomic E-state index is 12.6. The number of hydrogen-bond donors (Lipinski definition) is 2. The molecular weight excluding hydrogens is 256 g/mol. The van der Waals surface area contributed by atoms with Crippen molar-refractivity contribution in [1.29, 1.82) is 0 Å². The fourth-order valence-electron chi connectivity index (χ4n) is 4.07. The van der Waals surface area contributed by atoms with Crippen LogP contribution in [0.2, 0.25) is 0 Å². The SMILES string of the molecule is O=C(O)CC1CCCN(C(=O)C2CC23CCNCC3)C1. The molecule has 3 rings (SSSR count). The number of nitrogens with zero attached hydrogens (tertiary/aromatic N) is 1. The van der Waals surface area contributed by atoms with Crippen LogP contribution in [0.4, 0.5) is 0 Å². The Morgan fingerprint density at radius 1 is 1.30 bits per heavy atom. The Kier molecular flexibility index (Phi) is 3.71. The van der Waals surface area contributed by atoms with Crippen LogP contribution in [0.5, 0.6) is 0 Å². The first-order valence-corrected chi connectivity index (χ1v) is 7.82. The van der Waals surface area contributed by atoms with Crippen molar-refractivity contribution in [2.24, 2.45) is 17.3 Å². The fourth-order valence-corrected chi connectivity index (χ4v) is 4.07. The van der Waals surface area contributed by atoms with Gasteiger partial charge in [0.2, 0.25) is 5.91 Å². The maximum Gasteiger partial charge on any atom is 0.303 e. The molecule has 2 atom stereocenters. The van der Waals surface area contributed by atoms with Gasteiger partial charge in [0.25, 0.3) is 0 Å². The van der Waals surface area contributed by atoms with Crippen LogP contribution in [0.3, 0.4) is 0 Å². The molecule has 112 valence electrons. The lowest BCUT2D eigenvalue weighted by atomic mass is 9.90. The van der Waals surface area contributed by atoms with Crippen molar-refractivity contribution in [3.05, 3.63) is 0 Å². The van der Waals surface area contributed by atoms with Crippen molar-refractivity contribution in [1.82, 2.24) is 10.2 Å². The standard InChI is InChI=1S/C15H24N2O3/c18-13(19)8-11-2-1-7-17(10-11)14(20)12-9-15(12)3-5-16-6-4-15/h11-12,16H,1-10H2,(H,18,19). The van der Waals surface area contributed by atoms with Crippen LogP contribution in [0.25, 0.3) is 0 Å². The van der Waals surface area contributed by atoms with E-state index >= 15 is 0 Å². The van der Waals surface area contributed by atoms with Gasteiger partial charge < -0.3 is 15.3 Å². The summed E-state index contributed by atoms with van der Waals surface area (Å²) in [5.74, 6) is -0.0892. The third kappa shape index (κ3) is 2.68. The van der Waals surface area contributed by atoms with Gasteiger partial charge in [-0.15, -0.1) is 0 Å². The summed E-state index contributed by atoms with van der Waals surface area (Å²) in [5, 5.41) is 12.3. The Morgan fingerprint density at radius 3 is 2.75 bits per heavy atom. The predicted molar refractivity (Wildman–Crippen MR) is 74.2 cm³/mol. The molecule has 2 heterocycles. The number of amides is 1. The van der Waals surface area contributed by atoms with Crippen molar-refractivity contribution in [2.45, 2.75) is 38.5 Å².